The van der Waals surface area contributed by atoms with Gasteiger partial charge >= 0.3 is 0 Å². The summed E-state index contributed by atoms with van der Waals surface area (Å²) in [5.41, 5.74) is 0. The lowest BCUT2D eigenvalue weighted by Crippen LogP contribution is -2.39. The number of para-hydroxylation sites is 2. The quantitative estimate of drug-likeness (QED) is 0.777. The summed E-state index contributed by atoms with van der Waals surface area (Å²) < 4.78 is 11.1. The summed E-state index contributed by atoms with van der Waals surface area (Å²) in [6, 6.07) is 7.51. The van der Waals surface area contributed by atoms with Crippen LogP contribution in [-0.2, 0) is 0 Å². The van der Waals surface area contributed by atoms with Crippen molar-refractivity contribution in [3.63, 3.8) is 0 Å². The summed E-state index contributed by atoms with van der Waals surface area (Å²) in [4.78, 5) is 0. The maximum Gasteiger partial charge on any atom is 0.161 e. The fourth-order valence-corrected chi connectivity index (χ4v) is 1.49. The molecule has 0 saturated heterocycles. The molecule has 1 aliphatic rings. The molecule has 0 radical (unpaired) electrons. The van der Waals surface area contributed by atoms with E-state index in [9.17, 15) is 5.11 Å². The summed E-state index contributed by atoms with van der Waals surface area (Å²) in [7, 11) is 0. The molecule has 0 aliphatic carbocycles. The van der Waals surface area contributed by atoms with Crippen LogP contribution in [0.4, 0.5) is 0 Å². The van der Waals surface area contributed by atoms with Gasteiger partial charge in [-0.15, -0.1) is 0 Å². The Morgan fingerprint density at radius 1 is 1.43 bits per heavy atom. The molecule has 1 aliphatic heterocycles. The van der Waals surface area contributed by atoms with E-state index in [0.717, 1.165) is 11.5 Å². The Balaban J connectivity index is 2.13. The van der Waals surface area contributed by atoms with Crippen LogP contribution < -0.4 is 9.47 Å². The highest BCUT2D eigenvalue weighted by Crippen LogP contribution is 2.31. The second-order valence-corrected chi connectivity index (χ2v) is 3.39. The Hall–Kier alpha value is -1.22. The molecule has 0 bridgehead atoms. The summed E-state index contributed by atoms with van der Waals surface area (Å²) in [6.45, 7) is 2.35. The van der Waals surface area contributed by atoms with Gasteiger partial charge in [-0.1, -0.05) is 19.1 Å². The molecule has 0 saturated carbocycles. The number of aliphatic hydroxyl groups excluding tert-OH is 1. The number of hydrogen-bond acceptors (Lipinski definition) is 3. The topological polar surface area (TPSA) is 38.7 Å². The molecule has 1 unspecified atom stereocenters. The van der Waals surface area contributed by atoms with E-state index in [1.165, 1.54) is 0 Å². The molecule has 3 heteroatoms. The van der Waals surface area contributed by atoms with Crippen LogP contribution in [0.1, 0.15) is 13.3 Å². The molecule has 1 N–H and O–H groups in total. The highest BCUT2D eigenvalue weighted by atomic mass is 16.6. The molecule has 2 rings (SSSR count). The summed E-state index contributed by atoms with van der Waals surface area (Å²) >= 11 is 0. The van der Waals surface area contributed by atoms with Crippen molar-refractivity contribution < 1.29 is 14.6 Å². The number of fused-ring (bicyclic) bond motifs is 1. The largest absolute Gasteiger partial charge is 0.486 e. The van der Waals surface area contributed by atoms with Crippen molar-refractivity contribution in [2.24, 2.45) is 0 Å². The first kappa shape index (κ1) is 9.34. The SMILES string of the molecule is CC[C@@H](O)C1COc2ccccc2O1. The van der Waals surface area contributed by atoms with Gasteiger partial charge in [0.25, 0.3) is 0 Å². The Labute approximate surface area is 83.3 Å². The third-order valence-corrected chi connectivity index (χ3v) is 2.38. The highest BCUT2D eigenvalue weighted by molar-refractivity contribution is 5.40. The zero-order valence-corrected chi connectivity index (χ0v) is 8.14. The predicted molar refractivity (Wildman–Crippen MR) is 52.7 cm³/mol. The van der Waals surface area contributed by atoms with Gasteiger partial charge in [-0.2, -0.15) is 0 Å². The van der Waals surface area contributed by atoms with E-state index in [0.29, 0.717) is 13.0 Å². The van der Waals surface area contributed by atoms with E-state index in [4.69, 9.17) is 9.47 Å². The maximum absolute atomic E-state index is 9.60. The lowest BCUT2D eigenvalue weighted by Gasteiger charge is -2.29. The Kier molecular flexibility index (Phi) is 2.59. The van der Waals surface area contributed by atoms with E-state index in [-0.39, 0.29) is 6.10 Å². The molecule has 0 amide bonds. The van der Waals surface area contributed by atoms with E-state index in [1.807, 2.05) is 31.2 Å². The van der Waals surface area contributed by atoms with E-state index >= 15 is 0 Å². The van der Waals surface area contributed by atoms with Gasteiger partial charge in [0.15, 0.2) is 17.6 Å². The lowest BCUT2D eigenvalue weighted by atomic mass is 10.1. The first-order valence-electron chi connectivity index (χ1n) is 4.88. The number of rotatable bonds is 2. The maximum atomic E-state index is 9.60. The van der Waals surface area contributed by atoms with Gasteiger partial charge in [-0.3, -0.25) is 0 Å². The minimum atomic E-state index is -0.455. The number of ether oxygens (including phenoxy) is 2. The van der Waals surface area contributed by atoms with Crippen molar-refractivity contribution in [2.45, 2.75) is 25.6 Å². The van der Waals surface area contributed by atoms with Crippen molar-refractivity contribution in [1.82, 2.24) is 0 Å². The molecule has 1 aromatic carbocycles. The fourth-order valence-electron chi connectivity index (χ4n) is 1.49. The van der Waals surface area contributed by atoms with Gasteiger partial charge in [0.2, 0.25) is 0 Å². The Morgan fingerprint density at radius 3 is 2.86 bits per heavy atom. The first-order valence-corrected chi connectivity index (χ1v) is 4.88. The molecule has 76 valence electrons. The monoisotopic (exact) mass is 194 g/mol. The molecular weight excluding hydrogens is 180 g/mol. The second kappa shape index (κ2) is 3.88. The zero-order valence-electron chi connectivity index (χ0n) is 8.14. The van der Waals surface area contributed by atoms with Crippen LogP contribution in [0.3, 0.4) is 0 Å². The normalized spacial score (nSPS) is 21.7. The predicted octanol–water partition coefficient (Wildman–Crippen LogP) is 1.60. The lowest BCUT2D eigenvalue weighted by molar-refractivity contribution is -0.0113. The average molecular weight is 194 g/mol. The average Bonchev–Trinajstić information content (AvgIpc) is 2.27. The fraction of sp³-hybridized carbons (Fsp3) is 0.455. The molecular formula is C11H14O3. The molecule has 14 heavy (non-hydrogen) atoms. The van der Waals surface area contributed by atoms with Crippen LogP contribution in [0.2, 0.25) is 0 Å². The zero-order chi connectivity index (χ0) is 9.97. The van der Waals surface area contributed by atoms with Crippen LogP contribution >= 0.6 is 0 Å². The molecule has 0 fully saturated rings. The van der Waals surface area contributed by atoms with Crippen molar-refractivity contribution in [3.05, 3.63) is 24.3 Å². The van der Waals surface area contributed by atoms with Crippen LogP contribution in [0.5, 0.6) is 11.5 Å². The molecule has 1 heterocycles. The molecule has 0 aromatic heterocycles. The van der Waals surface area contributed by atoms with Crippen LogP contribution in [0, 0.1) is 0 Å². The number of benzene rings is 1. The first-order chi connectivity index (χ1) is 6.81. The molecule has 1 aromatic rings. The molecule has 3 nitrogen and oxygen atoms in total. The van der Waals surface area contributed by atoms with Crippen molar-refractivity contribution in [3.8, 4) is 11.5 Å². The van der Waals surface area contributed by atoms with Gasteiger partial charge in [-0.25, -0.2) is 0 Å². The van der Waals surface area contributed by atoms with Crippen molar-refractivity contribution in [1.29, 1.82) is 0 Å². The Morgan fingerprint density at radius 2 is 2.14 bits per heavy atom. The van der Waals surface area contributed by atoms with E-state index < -0.39 is 6.10 Å². The van der Waals surface area contributed by atoms with Crippen LogP contribution in [0.25, 0.3) is 0 Å². The summed E-state index contributed by atoms with van der Waals surface area (Å²) in [5, 5.41) is 9.60. The minimum Gasteiger partial charge on any atom is -0.486 e. The van der Waals surface area contributed by atoms with Crippen LogP contribution in [-0.4, -0.2) is 23.9 Å². The molecule has 2 atom stereocenters. The summed E-state index contributed by atoms with van der Waals surface area (Å²) in [6.07, 6.45) is -0.0193. The van der Waals surface area contributed by atoms with Gasteiger partial charge in [-0.05, 0) is 18.6 Å². The number of aliphatic hydroxyl groups is 1. The van der Waals surface area contributed by atoms with Gasteiger partial charge in [0.05, 0.1) is 6.10 Å². The summed E-state index contributed by atoms with van der Waals surface area (Å²) in [5.74, 6) is 1.48. The minimum absolute atomic E-state index is 0.241. The van der Waals surface area contributed by atoms with Crippen molar-refractivity contribution >= 4 is 0 Å². The van der Waals surface area contributed by atoms with Gasteiger partial charge < -0.3 is 14.6 Å². The van der Waals surface area contributed by atoms with E-state index in [1.54, 1.807) is 0 Å². The molecule has 0 spiro atoms. The van der Waals surface area contributed by atoms with Crippen LogP contribution in [0.15, 0.2) is 24.3 Å². The van der Waals surface area contributed by atoms with Gasteiger partial charge in [0, 0.05) is 0 Å². The third-order valence-electron chi connectivity index (χ3n) is 2.38. The van der Waals surface area contributed by atoms with Crippen molar-refractivity contribution in [2.75, 3.05) is 6.61 Å². The highest BCUT2D eigenvalue weighted by Gasteiger charge is 2.25. The number of hydrogen-bond donors (Lipinski definition) is 1. The smallest absolute Gasteiger partial charge is 0.161 e. The second-order valence-electron chi connectivity index (χ2n) is 3.39. The Bertz CT molecular complexity index is 311. The van der Waals surface area contributed by atoms with E-state index in [2.05, 4.69) is 0 Å². The van der Waals surface area contributed by atoms with Gasteiger partial charge in [0.1, 0.15) is 6.61 Å². The standard InChI is InChI=1S/C11H14O3/c1-2-8(12)11-7-13-9-5-3-4-6-10(9)14-11/h3-6,8,11-12H,2,7H2,1H3/t8-,11?/m1/s1. The third kappa shape index (κ3) is 1.68.